The average molecular weight is 135 g/mol. The van der Waals surface area contributed by atoms with Crippen molar-refractivity contribution < 1.29 is 55.8 Å². The second-order valence-electron chi connectivity index (χ2n) is 1.09. The van der Waals surface area contributed by atoms with Crippen molar-refractivity contribution in [3.8, 4) is 0 Å². The Morgan fingerprint density at radius 3 is 2.62 bits per heavy atom. The van der Waals surface area contributed by atoms with Gasteiger partial charge in [-0.3, -0.25) is 0 Å². The molecule has 0 aliphatic heterocycles. The van der Waals surface area contributed by atoms with Gasteiger partial charge in [0.1, 0.15) is 0 Å². The van der Waals surface area contributed by atoms with Crippen molar-refractivity contribution in [2.75, 3.05) is 0 Å². The molecule has 0 aliphatic carbocycles. The summed E-state index contributed by atoms with van der Waals surface area (Å²) in [4.78, 5) is 3.48. The molecule has 36 valence electrons. The quantitative estimate of drug-likeness (QED) is 0.297. The first kappa shape index (κ1) is 8.72. The van der Waals surface area contributed by atoms with Gasteiger partial charge in [-0.25, -0.2) is 4.39 Å². The van der Waals surface area contributed by atoms with E-state index in [1.807, 2.05) is 0 Å². The monoisotopic (exact) mass is 135 g/mol. The van der Waals surface area contributed by atoms with E-state index in [9.17, 15) is 4.39 Å². The number of pyridine rings is 1. The number of nitrogens with zero attached hydrogens (tertiary/aromatic N) is 1. The Labute approximate surface area is 89.7 Å². The molecule has 0 spiro atoms. The van der Waals surface area contributed by atoms with E-state index in [-0.39, 0.29) is 51.4 Å². The third-order valence-electron chi connectivity index (χ3n) is 0.570. The van der Waals surface area contributed by atoms with E-state index >= 15 is 0 Å². The molecule has 1 aromatic rings. The minimum absolute atomic E-state index is 0. The first-order valence-electron chi connectivity index (χ1n) is 1.87. The molecule has 1 aromatic heterocycles. The SMILES string of the molecule is Fc1[c-]ccnc1.[K+]. The number of rotatable bonds is 0. The molecule has 1 nitrogen and oxygen atoms in total. The van der Waals surface area contributed by atoms with Crippen LogP contribution in [0.1, 0.15) is 0 Å². The number of hydrogen-bond donors (Lipinski definition) is 0. The number of aromatic nitrogens is 1. The second kappa shape index (κ2) is 4.58. The van der Waals surface area contributed by atoms with Crippen molar-refractivity contribution in [2.24, 2.45) is 0 Å². The van der Waals surface area contributed by atoms with E-state index in [1.54, 1.807) is 0 Å². The summed E-state index contributed by atoms with van der Waals surface area (Å²) in [5.41, 5.74) is 0. The van der Waals surface area contributed by atoms with Gasteiger partial charge < -0.3 is 4.98 Å². The zero-order valence-corrected chi connectivity index (χ0v) is 7.68. The van der Waals surface area contributed by atoms with Crippen LogP contribution in [0.4, 0.5) is 4.39 Å². The Balaban J connectivity index is 0.000000490. The van der Waals surface area contributed by atoms with Gasteiger partial charge in [0, 0.05) is 5.82 Å². The molecule has 0 aliphatic rings. The summed E-state index contributed by atoms with van der Waals surface area (Å²) in [6.45, 7) is 0. The molecule has 0 N–H and O–H groups in total. The summed E-state index contributed by atoms with van der Waals surface area (Å²) in [5.74, 6) is -0.414. The minimum atomic E-state index is -0.414. The number of hydrogen-bond acceptors (Lipinski definition) is 1. The predicted octanol–water partition coefficient (Wildman–Crippen LogP) is -1.98. The predicted molar refractivity (Wildman–Crippen MR) is 23.0 cm³/mol. The van der Waals surface area contributed by atoms with Gasteiger partial charge in [-0.15, -0.1) is 6.07 Å². The molecule has 8 heavy (non-hydrogen) atoms. The van der Waals surface area contributed by atoms with Crippen LogP contribution in [-0.4, -0.2) is 4.98 Å². The van der Waals surface area contributed by atoms with Crippen LogP contribution in [0.3, 0.4) is 0 Å². The van der Waals surface area contributed by atoms with Crippen LogP contribution in [0.2, 0.25) is 0 Å². The molecule has 0 amide bonds. The van der Waals surface area contributed by atoms with Crippen LogP contribution >= 0.6 is 0 Å². The van der Waals surface area contributed by atoms with Gasteiger partial charge >= 0.3 is 51.4 Å². The topological polar surface area (TPSA) is 12.9 Å². The normalized spacial score (nSPS) is 7.62. The molecule has 0 saturated heterocycles. The number of halogens is 1. The molecule has 1 rings (SSSR count). The zero-order valence-electron chi connectivity index (χ0n) is 4.56. The van der Waals surface area contributed by atoms with Gasteiger partial charge in [-0.2, -0.15) is 6.07 Å². The molecule has 0 fully saturated rings. The van der Waals surface area contributed by atoms with Crippen LogP contribution in [0.15, 0.2) is 18.5 Å². The summed E-state index contributed by atoms with van der Waals surface area (Å²) < 4.78 is 11.8. The maximum atomic E-state index is 11.8. The fourth-order valence-corrected chi connectivity index (χ4v) is 0.306. The van der Waals surface area contributed by atoms with Crippen molar-refractivity contribution in [2.45, 2.75) is 0 Å². The first-order valence-corrected chi connectivity index (χ1v) is 1.87. The Bertz CT molecular complexity index is 142. The molecule has 3 heteroatoms. The molecule has 0 saturated carbocycles. The molecule has 0 aromatic carbocycles. The van der Waals surface area contributed by atoms with Gasteiger partial charge in [-0.1, -0.05) is 12.4 Å². The van der Waals surface area contributed by atoms with E-state index < -0.39 is 5.82 Å². The molecule has 0 radical (unpaired) electrons. The smallest absolute Gasteiger partial charge is 0.388 e. The fraction of sp³-hybridized carbons (Fsp3) is 0. The van der Waals surface area contributed by atoms with Crippen LogP contribution < -0.4 is 51.4 Å². The maximum Gasteiger partial charge on any atom is 1.00 e. The first-order chi connectivity index (χ1) is 3.39. The van der Waals surface area contributed by atoms with Crippen molar-refractivity contribution in [3.05, 3.63) is 30.3 Å². The Morgan fingerprint density at radius 2 is 2.38 bits per heavy atom. The maximum absolute atomic E-state index is 11.8. The standard InChI is InChI=1S/C5H3FN.K/c6-5-2-1-3-7-4-5;/h1,3-4H;/q-1;+1. The molecular weight excluding hydrogens is 132 g/mol. The third-order valence-corrected chi connectivity index (χ3v) is 0.570. The summed E-state index contributed by atoms with van der Waals surface area (Å²) in [5, 5.41) is 0. The van der Waals surface area contributed by atoms with Gasteiger partial charge in [0.15, 0.2) is 0 Å². The van der Waals surface area contributed by atoms with Crippen LogP contribution in [-0.2, 0) is 0 Å². The van der Waals surface area contributed by atoms with E-state index in [2.05, 4.69) is 11.1 Å². The van der Waals surface area contributed by atoms with Crippen molar-refractivity contribution in [1.82, 2.24) is 4.98 Å². The van der Waals surface area contributed by atoms with Gasteiger partial charge in [0.25, 0.3) is 0 Å². The zero-order chi connectivity index (χ0) is 5.11. The Hall–Kier alpha value is 0.716. The molecule has 0 bridgehead atoms. The molecular formula is C5H3FKN. The molecule has 0 atom stereocenters. The summed E-state index contributed by atoms with van der Waals surface area (Å²) in [6, 6.07) is 3.73. The largest absolute Gasteiger partial charge is 1.00 e. The minimum Gasteiger partial charge on any atom is -0.388 e. The average Bonchev–Trinajstić information content (AvgIpc) is 1.69. The van der Waals surface area contributed by atoms with Gasteiger partial charge in [0.2, 0.25) is 0 Å². The van der Waals surface area contributed by atoms with E-state index in [4.69, 9.17) is 0 Å². The van der Waals surface area contributed by atoms with E-state index in [0.29, 0.717) is 0 Å². The third kappa shape index (κ3) is 2.89. The molecule has 1 heterocycles. The van der Waals surface area contributed by atoms with Gasteiger partial charge in [-0.05, 0) is 0 Å². The molecule has 0 unspecified atom stereocenters. The summed E-state index contributed by atoms with van der Waals surface area (Å²) in [6.07, 6.45) is 2.59. The Kier molecular flexibility index (Phi) is 4.99. The van der Waals surface area contributed by atoms with E-state index in [1.165, 1.54) is 12.3 Å². The van der Waals surface area contributed by atoms with Crippen molar-refractivity contribution >= 4 is 0 Å². The van der Waals surface area contributed by atoms with Crippen LogP contribution in [0.25, 0.3) is 0 Å². The van der Waals surface area contributed by atoms with Crippen molar-refractivity contribution in [3.63, 3.8) is 0 Å². The summed E-state index contributed by atoms with van der Waals surface area (Å²) in [7, 11) is 0. The van der Waals surface area contributed by atoms with Crippen molar-refractivity contribution in [1.29, 1.82) is 0 Å². The van der Waals surface area contributed by atoms with Gasteiger partial charge in [0.05, 0.1) is 0 Å². The Morgan fingerprint density at radius 1 is 1.62 bits per heavy atom. The fourth-order valence-electron chi connectivity index (χ4n) is 0.306. The second-order valence-corrected chi connectivity index (χ2v) is 1.09. The van der Waals surface area contributed by atoms with Crippen LogP contribution in [0, 0.1) is 11.9 Å². The van der Waals surface area contributed by atoms with E-state index in [0.717, 1.165) is 6.20 Å². The van der Waals surface area contributed by atoms with Crippen LogP contribution in [0.5, 0.6) is 0 Å². The summed E-state index contributed by atoms with van der Waals surface area (Å²) >= 11 is 0.